The van der Waals surface area contributed by atoms with E-state index in [0.717, 1.165) is 31.6 Å². The summed E-state index contributed by atoms with van der Waals surface area (Å²) >= 11 is 0. The Morgan fingerprint density at radius 1 is 1.53 bits per heavy atom. The molecule has 2 rings (SSSR count). The summed E-state index contributed by atoms with van der Waals surface area (Å²) < 4.78 is 26.5. The number of nitrogens with one attached hydrogen (secondary N) is 1. The van der Waals surface area contributed by atoms with E-state index in [1.54, 1.807) is 6.20 Å². The van der Waals surface area contributed by atoms with Gasteiger partial charge in [0.15, 0.2) is 9.84 Å². The molecule has 5 nitrogen and oxygen atoms in total. The molecule has 0 spiro atoms. The van der Waals surface area contributed by atoms with Gasteiger partial charge in [0.25, 0.3) is 0 Å². The van der Waals surface area contributed by atoms with Crippen LogP contribution in [0.4, 0.5) is 0 Å². The Morgan fingerprint density at radius 2 is 2.32 bits per heavy atom. The van der Waals surface area contributed by atoms with Crippen molar-refractivity contribution in [3.8, 4) is 0 Å². The lowest BCUT2D eigenvalue weighted by atomic mass is 10.0. The van der Waals surface area contributed by atoms with Gasteiger partial charge in [0.1, 0.15) is 5.82 Å². The zero-order chi connectivity index (χ0) is 13.9. The number of aryl methyl sites for hydroxylation is 1. The molecular formula is C13H23N3O2S. The van der Waals surface area contributed by atoms with Crippen molar-refractivity contribution in [2.75, 3.05) is 12.8 Å². The first kappa shape index (κ1) is 14.5. The van der Waals surface area contributed by atoms with Crippen LogP contribution in [0.2, 0.25) is 0 Å². The summed E-state index contributed by atoms with van der Waals surface area (Å²) in [7, 11) is -1.12. The van der Waals surface area contributed by atoms with Gasteiger partial charge in [-0.05, 0) is 26.8 Å². The van der Waals surface area contributed by atoms with Crippen LogP contribution in [0.25, 0.3) is 0 Å². The van der Waals surface area contributed by atoms with Gasteiger partial charge in [-0.1, -0.05) is 6.42 Å². The van der Waals surface area contributed by atoms with Crippen LogP contribution in [0, 0.1) is 0 Å². The van der Waals surface area contributed by atoms with Crippen LogP contribution in [0.5, 0.6) is 0 Å². The molecule has 6 heteroatoms. The van der Waals surface area contributed by atoms with E-state index in [1.165, 1.54) is 0 Å². The second kappa shape index (κ2) is 6.05. The van der Waals surface area contributed by atoms with Crippen molar-refractivity contribution < 1.29 is 8.42 Å². The van der Waals surface area contributed by atoms with Gasteiger partial charge in [0, 0.05) is 31.4 Å². The number of rotatable bonds is 5. The minimum Gasteiger partial charge on any atom is -0.335 e. The van der Waals surface area contributed by atoms with Gasteiger partial charge >= 0.3 is 0 Å². The fraction of sp³-hybridized carbons (Fsp3) is 0.769. The van der Waals surface area contributed by atoms with Crippen LogP contribution in [0.3, 0.4) is 0 Å². The molecule has 2 unspecified atom stereocenters. The highest BCUT2D eigenvalue weighted by Gasteiger charge is 2.35. The van der Waals surface area contributed by atoms with Gasteiger partial charge in [-0.25, -0.2) is 13.4 Å². The molecule has 19 heavy (non-hydrogen) atoms. The molecule has 1 aliphatic rings. The molecule has 0 aromatic carbocycles. The third-order valence-electron chi connectivity index (χ3n) is 3.99. The minimum absolute atomic E-state index is 0.0435. The average molecular weight is 285 g/mol. The van der Waals surface area contributed by atoms with E-state index in [1.807, 2.05) is 13.2 Å². The molecule has 1 aliphatic heterocycles. The summed E-state index contributed by atoms with van der Waals surface area (Å²) in [4.78, 5) is 4.35. The van der Waals surface area contributed by atoms with Gasteiger partial charge in [0.2, 0.25) is 0 Å². The Labute approximate surface area is 115 Å². The summed E-state index contributed by atoms with van der Waals surface area (Å²) in [6.07, 6.45) is 6.96. The highest BCUT2D eigenvalue weighted by Crippen LogP contribution is 2.23. The molecule has 1 aromatic heterocycles. The Morgan fingerprint density at radius 3 is 2.95 bits per heavy atom. The number of likely N-dealkylation sites (N-methyl/N-ethyl adjacent to an activating group) is 1. The molecule has 1 aromatic rings. The van der Waals surface area contributed by atoms with Crippen LogP contribution in [-0.2, 0) is 22.8 Å². The maximum atomic E-state index is 12.2. The lowest BCUT2D eigenvalue weighted by Gasteiger charge is -2.29. The molecule has 0 radical (unpaired) electrons. The minimum atomic E-state index is -2.96. The Bertz CT molecular complexity index is 510. The second-order valence-electron chi connectivity index (χ2n) is 5.13. The number of nitrogens with zero attached hydrogens (tertiary/aromatic N) is 2. The zero-order valence-corrected chi connectivity index (χ0v) is 12.5. The normalized spacial score (nSPS) is 24.2. The summed E-state index contributed by atoms with van der Waals surface area (Å²) in [5.41, 5.74) is 0. The molecule has 0 amide bonds. The van der Waals surface area contributed by atoms with Gasteiger partial charge < -0.3 is 9.88 Å². The lowest BCUT2D eigenvalue weighted by Crippen LogP contribution is -2.47. The molecule has 0 bridgehead atoms. The topological polar surface area (TPSA) is 64.0 Å². The molecule has 0 aliphatic carbocycles. The molecule has 1 N–H and O–H groups in total. The van der Waals surface area contributed by atoms with Crippen molar-refractivity contribution in [1.82, 2.24) is 14.9 Å². The molecular weight excluding hydrogens is 262 g/mol. The molecule has 108 valence electrons. The van der Waals surface area contributed by atoms with Gasteiger partial charge in [-0.3, -0.25) is 0 Å². The van der Waals surface area contributed by atoms with Gasteiger partial charge in [0.05, 0.1) is 11.0 Å². The van der Waals surface area contributed by atoms with Crippen LogP contribution in [0.1, 0.15) is 32.0 Å². The Kier molecular flexibility index (Phi) is 4.62. The number of aromatic nitrogens is 2. The van der Waals surface area contributed by atoms with E-state index in [0.29, 0.717) is 12.2 Å². The Balaban J connectivity index is 2.16. The SMILES string of the molecule is CCn1ccnc1CC(NC)C1CCCCS1(=O)=O. The average Bonchev–Trinajstić information content (AvgIpc) is 2.83. The van der Waals surface area contributed by atoms with Gasteiger partial charge in [-0.2, -0.15) is 0 Å². The van der Waals surface area contributed by atoms with Crippen molar-refractivity contribution in [3.05, 3.63) is 18.2 Å². The van der Waals surface area contributed by atoms with E-state index in [4.69, 9.17) is 0 Å². The lowest BCUT2D eigenvalue weighted by molar-refractivity contribution is 0.446. The highest BCUT2D eigenvalue weighted by molar-refractivity contribution is 7.92. The van der Waals surface area contributed by atoms with Crippen molar-refractivity contribution in [2.24, 2.45) is 0 Å². The smallest absolute Gasteiger partial charge is 0.154 e. The standard InChI is InChI=1S/C13H23N3O2S/c1-3-16-8-7-15-13(16)10-11(14-2)12-6-4-5-9-19(12,17)18/h7-8,11-12,14H,3-6,9-10H2,1-2H3. The number of hydrogen-bond donors (Lipinski definition) is 1. The maximum Gasteiger partial charge on any atom is 0.154 e. The van der Waals surface area contributed by atoms with Gasteiger partial charge in [-0.15, -0.1) is 0 Å². The highest BCUT2D eigenvalue weighted by atomic mass is 32.2. The van der Waals surface area contributed by atoms with Crippen LogP contribution in [0.15, 0.2) is 12.4 Å². The first-order valence-electron chi connectivity index (χ1n) is 6.97. The van der Waals surface area contributed by atoms with E-state index in [2.05, 4.69) is 21.8 Å². The number of imidazole rings is 1. The molecule has 2 atom stereocenters. The van der Waals surface area contributed by atoms with Crippen molar-refractivity contribution in [3.63, 3.8) is 0 Å². The third kappa shape index (κ3) is 3.17. The van der Waals surface area contributed by atoms with Crippen LogP contribution >= 0.6 is 0 Å². The van der Waals surface area contributed by atoms with Crippen LogP contribution in [-0.4, -0.2) is 42.1 Å². The first-order valence-corrected chi connectivity index (χ1v) is 8.69. The Hall–Kier alpha value is -0.880. The van der Waals surface area contributed by atoms with E-state index < -0.39 is 9.84 Å². The zero-order valence-electron chi connectivity index (χ0n) is 11.7. The maximum absolute atomic E-state index is 12.2. The quantitative estimate of drug-likeness (QED) is 0.876. The van der Waals surface area contributed by atoms with Crippen molar-refractivity contribution >= 4 is 9.84 Å². The molecule has 1 fully saturated rings. The fourth-order valence-corrected chi connectivity index (χ4v) is 5.03. The summed E-state index contributed by atoms with van der Waals surface area (Å²) in [6.45, 7) is 2.93. The van der Waals surface area contributed by atoms with E-state index in [9.17, 15) is 8.42 Å². The predicted octanol–water partition coefficient (Wildman–Crippen LogP) is 1.00. The summed E-state index contributed by atoms with van der Waals surface area (Å²) in [6, 6.07) is -0.0435. The summed E-state index contributed by atoms with van der Waals surface area (Å²) in [5, 5.41) is 2.91. The summed E-state index contributed by atoms with van der Waals surface area (Å²) in [5.74, 6) is 1.29. The number of sulfone groups is 1. The largest absolute Gasteiger partial charge is 0.335 e. The third-order valence-corrected chi connectivity index (χ3v) is 6.34. The first-order chi connectivity index (χ1) is 9.08. The van der Waals surface area contributed by atoms with E-state index >= 15 is 0 Å². The van der Waals surface area contributed by atoms with Crippen molar-refractivity contribution in [2.45, 2.75) is 50.4 Å². The second-order valence-corrected chi connectivity index (χ2v) is 7.47. The predicted molar refractivity (Wildman–Crippen MR) is 75.9 cm³/mol. The van der Waals surface area contributed by atoms with Crippen LogP contribution < -0.4 is 5.32 Å². The molecule has 2 heterocycles. The molecule has 0 saturated carbocycles. The fourth-order valence-electron chi connectivity index (χ4n) is 2.87. The monoisotopic (exact) mass is 285 g/mol. The van der Waals surface area contributed by atoms with Crippen molar-refractivity contribution in [1.29, 1.82) is 0 Å². The number of hydrogen-bond acceptors (Lipinski definition) is 4. The molecule has 1 saturated heterocycles. The van der Waals surface area contributed by atoms with E-state index in [-0.39, 0.29) is 11.3 Å².